The lowest BCUT2D eigenvalue weighted by molar-refractivity contribution is -0.116. The van der Waals surface area contributed by atoms with Crippen molar-refractivity contribution in [3.63, 3.8) is 0 Å². The van der Waals surface area contributed by atoms with Crippen LogP contribution in [0.4, 0.5) is 5.13 Å². The van der Waals surface area contributed by atoms with Crippen LogP contribution in [-0.2, 0) is 29.6 Å². The van der Waals surface area contributed by atoms with Gasteiger partial charge in [-0.15, -0.1) is 22.9 Å². The molecule has 2 heterocycles. The zero-order valence-corrected chi connectivity index (χ0v) is 21.0. The lowest BCUT2D eigenvalue weighted by Gasteiger charge is -2.14. The van der Waals surface area contributed by atoms with Crippen LogP contribution in [0.3, 0.4) is 0 Å². The second-order valence-electron chi connectivity index (χ2n) is 8.66. The summed E-state index contributed by atoms with van der Waals surface area (Å²) >= 11 is 14.3. The highest BCUT2D eigenvalue weighted by molar-refractivity contribution is 7.13. The molecule has 168 valence electrons. The van der Waals surface area contributed by atoms with Crippen molar-refractivity contribution in [2.24, 2.45) is 0 Å². The highest BCUT2D eigenvalue weighted by Crippen LogP contribution is 2.26. The van der Waals surface area contributed by atoms with Gasteiger partial charge in [0.05, 0.1) is 11.1 Å². The van der Waals surface area contributed by atoms with Crippen LogP contribution in [0.5, 0.6) is 0 Å². The first kappa shape index (κ1) is 24.1. The van der Waals surface area contributed by atoms with Gasteiger partial charge in [-0.25, -0.2) is 4.98 Å². The van der Waals surface area contributed by atoms with Gasteiger partial charge in [-0.3, -0.25) is 4.79 Å². The number of hydrogen-bond acceptors (Lipinski definition) is 4. The van der Waals surface area contributed by atoms with Gasteiger partial charge < -0.3 is 15.2 Å². The SMILES string of the molecule is CCc1c(CCNC)c2c(n1CC(=O)Nc1nc(C(C)(C)C)cs1)=CC(Cl)C=C(Cl)C=2. The summed E-state index contributed by atoms with van der Waals surface area (Å²) in [4.78, 5) is 17.6. The molecule has 1 unspecified atom stereocenters. The van der Waals surface area contributed by atoms with Crippen molar-refractivity contribution in [2.45, 2.75) is 57.9 Å². The second-order valence-corrected chi connectivity index (χ2v) is 10.5. The molecule has 0 spiro atoms. The Morgan fingerprint density at radius 3 is 2.68 bits per heavy atom. The molecular formula is C23H30Cl2N4OS. The molecule has 3 rings (SSSR count). The molecule has 8 heteroatoms. The number of hydrogen-bond donors (Lipinski definition) is 2. The topological polar surface area (TPSA) is 59.0 Å². The number of fused-ring (bicyclic) bond motifs is 1. The maximum absolute atomic E-state index is 13.0. The van der Waals surface area contributed by atoms with E-state index in [0.29, 0.717) is 10.2 Å². The number of likely N-dealkylation sites (N-methyl/N-ethyl adjacent to an activating group) is 1. The van der Waals surface area contributed by atoms with Crippen molar-refractivity contribution in [3.8, 4) is 0 Å². The Bertz CT molecular complexity index is 1110. The van der Waals surface area contributed by atoms with E-state index in [4.69, 9.17) is 23.2 Å². The van der Waals surface area contributed by atoms with Crippen molar-refractivity contribution in [3.05, 3.63) is 44.0 Å². The quantitative estimate of drug-likeness (QED) is 0.596. The Labute approximate surface area is 197 Å². The smallest absolute Gasteiger partial charge is 0.246 e. The normalized spacial score (nSPS) is 16.1. The molecule has 0 saturated carbocycles. The van der Waals surface area contributed by atoms with Crippen molar-refractivity contribution < 1.29 is 4.79 Å². The summed E-state index contributed by atoms with van der Waals surface area (Å²) in [5.74, 6) is -0.106. The minimum atomic E-state index is -0.336. The van der Waals surface area contributed by atoms with Crippen molar-refractivity contribution in [1.82, 2.24) is 14.9 Å². The third-order valence-corrected chi connectivity index (χ3v) is 6.51. The van der Waals surface area contributed by atoms with Crippen molar-refractivity contribution in [1.29, 1.82) is 0 Å². The number of nitrogens with one attached hydrogen (secondary N) is 2. The number of alkyl halides is 1. The van der Waals surface area contributed by atoms with E-state index in [9.17, 15) is 4.79 Å². The summed E-state index contributed by atoms with van der Waals surface area (Å²) in [6, 6.07) is 0. The van der Waals surface area contributed by atoms with Crippen LogP contribution in [0.15, 0.2) is 16.5 Å². The first-order valence-corrected chi connectivity index (χ1v) is 12.2. The predicted molar refractivity (Wildman–Crippen MR) is 133 cm³/mol. The minimum absolute atomic E-state index is 0.0543. The maximum atomic E-state index is 13.0. The summed E-state index contributed by atoms with van der Waals surface area (Å²) in [5, 5.41) is 11.1. The number of aromatic nitrogens is 2. The van der Waals surface area contributed by atoms with E-state index < -0.39 is 0 Å². The van der Waals surface area contributed by atoms with Crippen LogP contribution < -0.4 is 21.2 Å². The monoisotopic (exact) mass is 480 g/mol. The molecule has 0 aromatic carbocycles. The lowest BCUT2D eigenvalue weighted by atomic mass is 9.93. The van der Waals surface area contributed by atoms with Gasteiger partial charge in [0.1, 0.15) is 6.54 Å². The third-order valence-electron chi connectivity index (χ3n) is 5.26. The largest absolute Gasteiger partial charge is 0.335 e. The fourth-order valence-corrected chi connectivity index (χ4v) is 5.25. The summed E-state index contributed by atoms with van der Waals surface area (Å²) in [7, 11) is 1.94. The molecule has 2 N–H and O–H groups in total. The molecule has 1 atom stereocenters. The average molecular weight is 481 g/mol. The van der Waals surface area contributed by atoms with Crippen LogP contribution in [0.2, 0.25) is 0 Å². The van der Waals surface area contributed by atoms with Gasteiger partial charge in [0.25, 0.3) is 0 Å². The van der Waals surface area contributed by atoms with Gasteiger partial charge >= 0.3 is 0 Å². The third kappa shape index (κ3) is 5.61. The molecule has 2 aromatic rings. The van der Waals surface area contributed by atoms with E-state index in [0.717, 1.165) is 41.3 Å². The van der Waals surface area contributed by atoms with Crippen LogP contribution in [0, 0.1) is 0 Å². The van der Waals surface area contributed by atoms with E-state index >= 15 is 0 Å². The number of nitrogens with zero attached hydrogens (tertiary/aromatic N) is 2. The number of allylic oxidation sites excluding steroid dienone is 2. The molecule has 31 heavy (non-hydrogen) atoms. The first-order valence-electron chi connectivity index (χ1n) is 10.5. The van der Waals surface area contributed by atoms with Gasteiger partial charge in [-0.1, -0.05) is 39.3 Å². The van der Waals surface area contributed by atoms with E-state index in [1.54, 1.807) is 0 Å². The van der Waals surface area contributed by atoms with Crippen molar-refractivity contribution in [2.75, 3.05) is 18.9 Å². The summed E-state index contributed by atoms with van der Waals surface area (Å²) < 4.78 is 2.07. The summed E-state index contributed by atoms with van der Waals surface area (Å²) in [6.07, 6.45) is 7.40. The molecule has 0 bridgehead atoms. The zero-order valence-electron chi connectivity index (χ0n) is 18.7. The Kier molecular flexibility index (Phi) is 7.68. The fraction of sp³-hybridized carbons (Fsp3) is 0.478. The molecule has 0 saturated heterocycles. The Morgan fingerprint density at radius 1 is 1.32 bits per heavy atom. The number of halogens is 2. The number of rotatable bonds is 7. The Balaban J connectivity index is 1.98. The predicted octanol–water partition coefficient (Wildman–Crippen LogP) is 3.51. The van der Waals surface area contributed by atoms with Crippen molar-refractivity contribution >= 4 is 57.7 Å². The number of carbonyl (C=O) groups excluding carboxylic acids is 1. The van der Waals surface area contributed by atoms with Crippen LogP contribution in [0.25, 0.3) is 12.2 Å². The first-order chi connectivity index (χ1) is 14.6. The van der Waals surface area contributed by atoms with E-state index in [1.807, 2.05) is 30.7 Å². The zero-order chi connectivity index (χ0) is 22.8. The number of thiazole rings is 1. The summed E-state index contributed by atoms with van der Waals surface area (Å²) in [6.45, 7) is 9.47. The van der Waals surface area contributed by atoms with E-state index in [-0.39, 0.29) is 23.2 Å². The van der Waals surface area contributed by atoms with Gasteiger partial charge in [0, 0.05) is 32.1 Å². The fourth-order valence-electron chi connectivity index (χ4n) is 3.73. The Morgan fingerprint density at radius 2 is 2.06 bits per heavy atom. The number of amides is 1. The van der Waals surface area contributed by atoms with Crippen LogP contribution in [-0.4, -0.2) is 34.4 Å². The van der Waals surface area contributed by atoms with Gasteiger partial charge in [-0.05, 0) is 50.2 Å². The maximum Gasteiger partial charge on any atom is 0.246 e. The van der Waals surface area contributed by atoms with E-state index in [1.165, 1.54) is 16.9 Å². The Hall–Kier alpha value is -1.60. The highest BCUT2D eigenvalue weighted by atomic mass is 35.5. The van der Waals surface area contributed by atoms with Crippen LogP contribution >= 0.6 is 34.5 Å². The summed E-state index contributed by atoms with van der Waals surface area (Å²) in [5.41, 5.74) is 3.26. The molecule has 1 amide bonds. The molecule has 1 aliphatic rings. The molecule has 2 aromatic heterocycles. The van der Waals surface area contributed by atoms with Gasteiger partial charge in [0.2, 0.25) is 5.91 Å². The number of anilines is 1. The second kappa shape index (κ2) is 9.90. The van der Waals surface area contributed by atoms with Gasteiger partial charge in [-0.2, -0.15) is 0 Å². The molecule has 1 aliphatic carbocycles. The average Bonchev–Trinajstić information content (AvgIpc) is 3.20. The molecule has 0 radical (unpaired) electrons. The molecule has 0 fully saturated rings. The van der Waals surface area contributed by atoms with E-state index in [2.05, 4.69) is 47.9 Å². The molecule has 0 aliphatic heterocycles. The lowest BCUT2D eigenvalue weighted by Crippen LogP contribution is -2.34. The molecular weight excluding hydrogens is 451 g/mol. The van der Waals surface area contributed by atoms with Gasteiger partial charge in [0.15, 0.2) is 5.13 Å². The molecule has 5 nitrogen and oxygen atoms in total. The number of carbonyl (C=O) groups is 1. The highest BCUT2D eigenvalue weighted by Gasteiger charge is 2.20. The van der Waals surface area contributed by atoms with Crippen LogP contribution in [0.1, 0.15) is 44.6 Å². The standard InChI is InChI=1S/C23H30Cl2N4OS/c1-6-18-16(7-8-26-5)17-10-14(24)9-15(25)11-19(17)29(18)12-21(30)28-22-27-20(13-31-22)23(2,3)4/h9-11,13,15,26H,6-8,12H2,1-5H3,(H,27,28,30). The minimum Gasteiger partial charge on any atom is -0.335 e.